The molecule has 0 aromatic heterocycles. The molecule has 102 valence electrons. The minimum atomic E-state index is -2.98. The maximum atomic E-state index is 11.9. The largest absolute Gasteiger partial charge is 0.313 e. The van der Waals surface area contributed by atoms with Crippen molar-refractivity contribution in [2.24, 2.45) is 0 Å². The first kappa shape index (κ1) is 14.9. The van der Waals surface area contributed by atoms with Crippen molar-refractivity contribution in [1.29, 1.82) is 0 Å². The first-order chi connectivity index (χ1) is 7.72. The van der Waals surface area contributed by atoms with Crippen LogP contribution in [0, 0.1) is 0 Å². The maximum absolute atomic E-state index is 11.9. The van der Waals surface area contributed by atoms with Crippen LogP contribution in [0.2, 0.25) is 0 Å². The monoisotopic (exact) mass is 262 g/mol. The number of likely N-dealkylation sites (tertiary alicyclic amines) is 1. The molecule has 1 aliphatic rings. The van der Waals surface area contributed by atoms with E-state index in [-0.39, 0.29) is 5.75 Å². The van der Waals surface area contributed by atoms with Gasteiger partial charge in [-0.15, -0.1) is 0 Å². The predicted molar refractivity (Wildman–Crippen MR) is 72.1 cm³/mol. The van der Waals surface area contributed by atoms with Crippen molar-refractivity contribution in [3.63, 3.8) is 0 Å². The zero-order chi connectivity index (χ0) is 13.1. The Hall–Kier alpha value is -0.130. The van der Waals surface area contributed by atoms with Gasteiger partial charge in [-0.3, -0.25) is 0 Å². The minimum Gasteiger partial charge on any atom is -0.313 e. The molecule has 0 aliphatic carbocycles. The van der Waals surface area contributed by atoms with Crippen molar-refractivity contribution in [3.05, 3.63) is 0 Å². The number of hydrogen-bond donors (Lipinski definition) is 1. The van der Waals surface area contributed by atoms with Crippen molar-refractivity contribution in [2.45, 2.75) is 44.4 Å². The SMILES string of the molecule is CN1CCC(NCCS(=O)(=O)C(C)(C)C)CC1. The molecule has 0 amide bonds. The highest BCUT2D eigenvalue weighted by Gasteiger charge is 2.28. The second kappa shape index (κ2) is 5.67. The lowest BCUT2D eigenvalue weighted by atomic mass is 10.1. The van der Waals surface area contributed by atoms with Gasteiger partial charge >= 0.3 is 0 Å². The van der Waals surface area contributed by atoms with E-state index in [2.05, 4.69) is 17.3 Å². The zero-order valence-electron chi connectivity index (χ0n) is 11.5. The molecule has 0 radical (unpaired) electrons. The highest BCUT2D eigenvalue weighted by atomic mass is 32.2. The van der Waals surface area contributed by atoms with Gasteiger partial charge in [0, 0.05) is 12.6 Å². The lowest BCUT2D eigenvalue weighted by molar-refractivity contribution is 0.236. The van der Waals surface area contributed by atoms with Crippen molar-refractivity contribution in [1.82, 2.24) is 10.2 Å². The van der Waals surface area contributed by atoms with Crippen LogP contribution in [0.3, 0.4) is 0 Å². The molecule has 0 aromatic rings. The molecule has 1 rings (SSSR count). The lowest BCUT2D eigenvalue weighted by Crippen LogP contribution is -2.43. The van der Waals surface area contributed by atoms with Crippen LogP contribution in [0.25, 0.3) is 0 Å². The normalized spacial score (nSPS) is 20.7. The second-order valence-electron chi connectivity index (χ2n) is 5.96. The van der Waals surface area contributed by atoms with Gasteiger partial charge in [0.05, 0.1) is 10.5 Å². The third kappa shape index (κ3) is 4.56. The Morgan fingerprint density at radius 1 is 1.24 bits per heavy atom. The fourth-order valence-electron chi connectivity index (χ4n) is 1.92. The molecule has 1 saturated heterocycles. The van der Waals surface area contributed by atoms with Crippen LogP contribution in [0.15, 0.2) is 0 Å². The van der Waals surface area contributed by atoms with Gasteiger partial charge in [-0.05, 0) is 53.8 Å². The first-order valence-corrected chi connectivity index (χ1v) is 8.02. The van der Waals surface area contributed by atoms with E-state index in [1.165, 1.54) is 0 Å². The van der Waals surface area contributed by atoms with Crippen LogP contribution in [0.5, 0.6) is 0 Å². The standard InChI is InChI=1S/C12H26N2O2S/c1-12(2,3)17(15,16)10-7-13-11-5-8-14(4)9-6-11/h11,13H,5-10H2,1-4H3. The van der Waals surface area contributed by atoms with Gasteiger partial charge < -0.3 is 10.2 Å². The van der Waals surface area contributed by atoms with Gasteiger partial charge in [-0.1, -0.05) is 0 Å². The number of rotatable bonds is 4. The Bertz CT molecular complexity index is 325. The summed E-state index contributed by atoms with van der Waals surface area (Å²) in [6, 6.07) is 0.487. The van der Waals surface area contributed by atoms with Crippen LogP contribution < -0.4 is 5.32 Å². The molecule has 1 N–H and O–H groups in total. The van der Waals surface area contributed by atoms with Crippen LogP contribution in [0.1, 0.15) is 33.6 Å². The van der Waals surface area contributed by atoms with E-state index in [1.807, 2.05) is 0 Å². The molecule has 1 heterocycles. The molecular weight excluding hydrogens is 236 g/mol. The summed E-state index contributed by atoms with van der Waals surface area (Å²) < 4.78 is 23.2. The second-order valence-corrected chi connectivity index (χ2v) is 8.83. The maximum Gasteiger partial charge on any atom is 0.156 e. The zero-order valence-corrected chi connectivity index (χ0v) is 12.3. The summed E-state index contributed by atoms with van der Waals surface area (Å²) in [6.45, 7) is 8.06. The average Bonchev–Trinajstić information content (AvgIpc) is 2.19. The number of sulfone groups is 1. The molecule has 0 bridgehead atoms. The third-order valence-electron chi connectivity index (χ3n) is 3.46. The molecule has 0 aromatic carbocycles. The fraction of sp³-hybridized carbons (Fsp3) is 1.00. The van der Waals surface area contributed by atoms with Gasteiger partial charge in [0.25, 0.3) is 0 Å². The van der Waals surface area contributed by atoms with Gasteiger partial charge in [0.15, 0.2) is 9.84 Å². The number of hydrogen-bond acceptors (Lipinski definition) is 4. The Balaban J connectivity index is 2.29. The van der Waals surface area contributed by atoms with Crippen molar-refractivity contribution >= 4 is 9.84 Å². The Morgan fingerprint density at radius 2 is 1.76 bits per heavy atom. The van der Waals surface area contributed by atoms with Gasteiger partial charge in [-0.25, -0.2) is 8.42 Å². The van der Waals surface area contributed by atoms with Crippen LogP contribution in [0.4, 0.5) is 0 Å². The van der Waals surface area contributed by atoms with E-state index >= 15 is 0 Å². The highest BCUT2D eigenvalue weighted by molar-refractivity contribution is 7.92. The predicted octanol–water partition coefficient (Wildman–Crippen LogP) is 0.884. The molecular formula is C12H26N2O2S. The molecule has 0 unspecified atom stereocenters. The molecule has 1 aliphatic heterocycles. The van der Waals surface area contributed by atoms with Gasteiger partial charge in [0.1, 0.15) is 0 Å². The molecule has 0 spiro atoms. The minimum absolute atomic E-state index is 0.239. The molecule has 17 heavy (non-hydrogen) atoms. The van der Waals surface area contributed by atoms with Gasteiger partial charge in [-0.2, -0.15) is 0 Å². The Kier molecular flexibility index (Phi) is 4.98. The Morgan fingerprint density at radius 3 is 2.24 bits per heavy atom. The summed E-state index contributed by atoms with van der Waals surface area (Å²) in [5.74, 6) is 0.239. The lowest BCUT2D eigenvalue weighted by Gasteiger charge is -2.30. The van der Waals surface area contributed by atoms with Crippen molar-refractivity contribution in [3.8, 4) is 0 Å². The summed E-state index contributed by atoms with van der Waals surface area (Å²) >= 11 is 0. The Labute approximate surface area is 106 Å². The smallest absolute Gasteiger partial charge is 0.156 e. The number of nitrogens with zero attached hydrogens (tertiary/aromatic N) is 1. The summed E-state index contributed by atoms with van der Waals surface area (Å²) in [4.78, 5) is 2.31. The van der Waals surface area contributed by atoms with E-state index < -0.39 is 14.6 Å². The fourth-order valence-corrected chi connectivity index (χ4v) is 2.92. The van der Waals surface area contributed by atoms with E-state index in [4.69, 9.17) is 0 Å². The van der Waals surface area contributed by atoms with Crippen LogP contribution >= 0.6 is 0 Å². The summed E-state index contributed by atoms with van der Waals surface area (Å²) in [7, 11) is -0.857. The van der Waals surface area contributed by atoms with E-state index in [1.54, 1.807) is 20.8 Å². The van der Waals surface area contributed by atoms with E-state index in [0.29, 0.717) is 12.6 Å². The molecule has 5 heteroatoms. The van der Waals surface area contributed by atoms with E-state index in [9.17, 15) is 8.42 Å². The first-order valence-electron chi connectivity index (χ1n) is 6.36. The average molecular weight is 262 g/mol. The van der Waals surface area contributed by atoms with Crippen molar-refractivity contribution in [2.75, 3.05) is 32.4 Å². The van der Waals surface area contributed by atoms with Crippen LogP contribution in [-0.2, 0) is 9.84 Å². The van der Waals surface area contributed by atoms with Crippen LogP contribution in [-0.4, -0.2) is 56.5 Å². The summed E-state index contributed by atoms with van der Waals surface area (Å²) in [5.41, 5.74) is 0. The quantitative estimate of drug-likeness (QED) is 0.817. The number of nitrogens with one attached hydrogen (secondary N) is 1. The summed E-state index contributed by atoms with van der Waals surface area (Å²) in [6.07, 6.45) is 2.23. The molecule has 0 saturated carbocycles. The van der Waals surface area contributed by atoms with Crippen molar-refractivity contribution < 1.29 is 8.42 Å². The number of piperidine rings is 1. The summed E-state index contributed by atoms with van der Waals surface area (Å²) in [5, 5.41) is 3.36. The molecule has 4 nitrogen and oxygen atoms in total. The topological polar surface area (TPSA) is 49.4 Å². The molecule has 1 fully saturated rings. The third-order valence-corrected chi connectivity index (χ3v) is 6.06. The van der Waals surface area contributed by atoms with Gasteiger partial charge in [0.2, 0.25) is 0 Å². The molecule has 0 atom stereocenters. The van der Waals surface area contributed by atoms with E-state index in [0.717, 1.165) is 25.9 Å². The highest BCUT2D eigenvalue weighted by Crippen LogP contribution is 2.15.